The lowest BCUT2D eigenvalue weighted by Gasteiger charge is -2.14. The zero-order valence-corrected chi connectivity index (χ0v) is 4.42. The molecule has 0 spiro atoms. The Morgan fingerprint density at radius 1 is 1.57 bits per heavy atom. The van der Waals surface area contributed by atoms with Gasteiger partial charge in [0.1, 0.15) is 0 Å². The summed E-state index contributed by atoms with van der Waals surface area (Å²) in [6, 6.07) is -0.106. The average Bonchev–Trinajstić information content (AvgIpc) is 1.65. The minimum absolute atomic E-state index is 0.106. The monoisotopic (exact) mass is 106 g/mol. The highest BCUT2D eigenvalue weighted by molar-refractivity contribution is 4.38. The van der Waals surface area contributed by atoms with Gasteiger partial charge in [-0.15, -0.1) is 10.8 Å². The SMILES string of the molecule is CC(C)N(O)NO. The zero-order valence-electron chi connectivity index (χ0n) is 4.42. The summed E-state index contributed by atoms with van der Waals surface area (Å²) in [6.07, 6.45) is 0. The molecule has 0 rings (SSSR count). The Kier molecular flexibility index (Phi) is 2.86. The van der Waals surface area contributed by atoms with E-state index in [0.29, 0.717) is 5.17 Å². The highest BCUT2D eigenvalue weighted by atomic mass is 16.7. The molecule has 3 N–H and O–H groups in total. The second-order valence-electron chi connectivity index (χ2n) is 1.54. The topological polar surface area (TPSA) is 55.7 Å². The average molecular weight is 106 g/mol. The molecule has 4 nitrogen and oxygen atoms in total. The number of hydrogen-bond acceptors (Lipinski definition) is 4. The summed E-state index contributed by atoms with van der Waals surface area (Å²) in [4.78, 5) is 0. The van der Waals surface area contributed by atoms with Gasteiger partial charge in [0.15, 0.2) is 0 Å². The fourth-order valence-corrected chi connectivity index (χ4v) is 0.115. The van der Waals surface area contributed by atoms with Crippen LogP contribution in [0.3, 0.4) is 0 Å². The first-order valence-electron chi connectivity index (χ1n) is 2.06. The second kappa shape index (κ2) is 2.92. The van der Waals surface area contributed by atoms with E-state index in [1.54, 1.807) is 19.4 Å². The van der Waals surface area contributed by atoms with Crippen LogP contribution in [0.25, 0.3) is 0 Å². The number of hydrogen-bond donors (Lipinski definition) is 3. The van der Waals surface area contributed by atoms with Gasteiger partial charge in [-0.25, -0.2) is 0 Å². The molecule has 0 aromatic rings. The van der Waals surface area contributed by atoms with E-state index < -0.39 is 0 Å². The van der Waals surface area contributed by atoms with Crippen molar-refractivity contribution < 1.29 is 10.4 Å². The Morgan fingerprint density at radius 3 is 2.00 bits per heavy atom. The molecule has 0 bridgehead atoms. The quantitative estimate of drug-likeness (QED) is 0.433. The van der Waals surface area contributed by atoms with Gasteiger partial charge in [0, 0.05) is 6.04 Å². The predicted octanol–water partition coefficient (Wildman–Crippen LogP) is -0.0202. The lowest BCUT2D eigenvalue weighted by molar-refractivity contribution is -0.235. The third-order valence-electron chi connectivity index (χ3n) is 0.592. The van der Waals surface area contributed by atoms with E-state index in [-0.39, 0.29) is 6.04 Å². The van der Waals surface area contributed by atoms with E-state index in [1.807, 2.05) is 0 Å². The molecule has 0 heterocycles. The summed E-state index contributed by atoms with van der Waals surface area (Å²) in [5.41, 5.74) is 1.55. The van der Waals surface area contributed by atoms with Crippen molar-refractivity contribution in [1.29, 1.82) is 0 Å². The molecule has 0 aliphatic rings. The van der Waals surface area contributed by atoms with Crippen LogP contribution in [0.1, 0.15) is 13.8 Å². The Morgan fingerprint density at radius 2 is 2.00 bits per heavy atom. The van der Waals surface area contributed by atoms with Crippen LogP contribution in [0.4, 0.5) is 0 Å². The maximum atomic E-state index is 8.41. The highest BCUT2D eigenvalue weighted by Gasteiger charge is 1.99. The van der Waals surface area contributed by atoms with Gasteiger partial charge < -0.3 is 0 Å². The molecule has 0 fully saturated rings. The van der Waals surface area contributed by atoms with E-state index >= 15 is 0 Å². The summed E-state index contributed by atoms with van der Waals surface area (Å²) >= 11 is 0. The summed E-state index contributed by atoms with van der Waals surface area (Å²) < 4.78 is 0. The van der Waals surface area contributed by atoms with Gasteiger partial charge in [-0.3, -0.25) is 10.4 Å². The Hall–Kier alpha value is -0.160. The van der Waals surface area contributed by atoms with Gasteiger partial charge in [0.05, 0.1) is 0 Å². The van der Waals surface area contributed by atoms with Crippen LogP contribution >= 0.6 is 0 Å². The molecule has 7 heavy (non-hydrogen) atoms. The van der Waals surface area contributed by atoms with Gasteiger partial charge in [0.2, 0.25) is 0 Å². The molecule has 0 aliphatic carbocycles. The van der Waals surface area contributed by atoms with Crippen molar-refractivity contribution in [2.75, 3.05) is 0 Å². The lowest BCUT2D eigenvalue weighted by atomic mass is 10.4. The van der Waals surface area contributed by atoms with Crippen LogP contribution in [0.15, 0.2) is 0 Å². The third-order valence-corrected chi connectivity index (χ3v) is 0.592. The van der Waals surface area contributed by atoms with Crippen molar-refractivity contribution in [1.82, 2.24) is 10.8 Å². The van der Waals surface area contributed by atoms with E-state index in [1.165, 1.54) is 0 Å². The molecular formula is C3H10N2O2. The highest BCUT2D eigenvalue weighted by Crippen LogP contribution is 1.83. The molecule has 0 saturated carbocycles. The number of hydroxylamine groups is 1. The Bertz CT molecular complexity index is 48.2. The standard InChI is InChI=1S/C3H10N2O2/c1-3(2)5(7)4-6/h3-4,6-7H,1-2H3. The number of rotatable bonds is 2. The van der Waals surface area contributed by atoms with Crippen molar-refractivity contribution in [2.45, 2.75) is 19.9 Å². The van der Waals surface area contributed by atoms with Crippen molar-refractivity contribution >= 4 is 0 Å². The molecule has 0 amide bonds. The molecule has 4 heteroatoms. The van der Waals surface area contributed by atoms with E-state index in [4.69, 9.17) is 10.4 Å². The maximum Gasteiger partial charge on any atom is 0.0476 e. The lowest BCUT2D eigenvalue weighted by Crippen LogP contribution is -2.37. The zero-order chi connectivity index (χ0) is 5.86. The van der Waals surface area contributed by atoms with Gasteiger partial charge in [0.25, 0.3) is 0 Å². The molecule has 44 valence electrons. The first-order valence-corrected chi connectivity index (χ1v) is 2.06. The smallest absolute Gasteiger partial charge is 0.0476 e. The first-order chi connectivity index (χ1) is 3.18. The molecule has 0 aromatic carbocycles. The van der Waals surface area contributed by atoms with Crippen LogP contribution in [-0.4, -0.2) is 21.6 Å². The van der Waals surface area contributed by atoms with Gasteiger partial charge in [-0.1, -0.05) is 0 Å². The summed E-state index contributed by atoms with van der Waals surface area (Å²) in [5, 5.41) is 16.9. The predicted molar refractivity (Wildman–Crippen MR) is 23.7 cm³/mol. The Balaban J connectivity index is 3.14. The normalized spacial score (nSPS) is 11.1. The minimum atomic E-state index is -0.106. The summed E-state index contributed by atoms with van der Waals surface area (Å²) in [6.45, 7) is 3.45. The number of hydrazine groups is 1. The van der Waals surface area contributed by atoms with Gasteiger partial charge in [-0.05, 0) is 13.8 Å². The third kappa shape index (κ3) is 2.52. The Labute approximate surface area is 42.2 Å². The first kappa shape index (κ1) is 6.84. The molecule has 0 unspecified atom stereocenters. The fraction of sp³-hybridized carbons (Fsp3) is 1.00. The molecule has 0 aliphatic heterocycles. The maximum absolute atomic E-state index is 8.41. The molecule has 0 radical (unpaired) electrons. The van der Waals surface area contributed by atoms with Crippen LogP contribution in [0.5, 0.6) is 0 Å². The largest absolute Gasteiger partial charge is 0.300 e. The summed E-state index contributed by atoms with van der Waals surface area (Å²) in [7, 11) is 0. The minimum Gasteiger partial charge on any atom is -0.300 e. The van der Waals surface area contributed by atoms with Crippen molar-refractivity contribution in [3.63, 3.8) is 0 Å². The molecular weight excluding hydrogens is 96.0 g/mol. The molecule has 0 aromatic heterocycles. The fourth-order valence-electron chi connectivity index (χ4n) is 0.115. The summed E-state index contributed by atoms with van der Waals surface area (Å²) in [5.74, 6) is 0. The molecule has 0 saturated heterocycles. The van der Waals surface area contributed by atoms with Crippen LogP contribution in [-0.2, 0) is 0 Å². The number of nitrogens with one attached hydrogen (secondary N) is 1. The van der Waals surface area contributed by atoms with E-state index in [2.05, 4.69) is 0 Å². The molecule has 0 atom stereocenters. The van der Waals surface area contributed by atoms with Gasteiger partial charge >= 0.3 is 0 Å². The van der Waals surface area contributed by atoms with E-state index in [0.717, 1.165) is 0 Å². The van der Waals surface area contributed by atoms with Crippen molar-refractivity contribution in [2.24, 2.45) is 0 Å². The number of nitrogens with zero attached hydrogens (tertiary/aromatic N) is 1. The van der Waals surface area contributed by atoms with E-state index in [9.17, 15) is 0 Å². The van der Waals surface area contributed by atoms with Gasteiger partial charge in [-0.2, -0.15) is 0 Å². The van der Waals surface area contributed by atoms with Crippen LogP contribution < -0.4 is 5.59 Å². The van der Waals surface area contributed by atoms with Crippen LogP contribution in [0.2, 0.25) is 0 Å². The second-order valence-corrected chi connectivity index (χ2v) is 1.54. The van der Waals surface area contributed by atoms with Crippen molar-refractivity contribution in [3.8, 4) is 0 Å². The van der Waals surface area contributed by atoms with Crippen LogP contribution in [0, 0.1) is 0 Å². The van der Waals surface area contributed by atoms with Crippen molar-refractivity contribution in [3.05, 3.63) is 0 Å².